The van der Waals surface area contributed by atoms with Crippen molar-refractivity contribution in [1.29, 1.82) is 0 Å². The highest BCUT2D eigenvalue weighted by molar-refractivity contribution is 6.46. The molecular weight excluding hydrogens is 424 g/mol. The first-order valence-corrected chi connectivity index (χ1v) is 11.0. The van der Waals surface area contributed by atoms with E-state index in [0.29, 0.717) is 42.6 Å². The number of aliphatic hydroxyl groups is 1. The molecule has 1 atom stereocenters. The molecule has 0 bridgehead atoms. The third-order valence-corrected chi connectivity index (χ3v) is 5.86. The Hall–Kier alpha value is -3.52. The van der Waals surface area contributed by atoms with Crippen molar-refractivity contribution in [2.45, 2.75) is 12.5 Å². The summed E-state index contributed by atoms with van der Waals surface area (Å²) < 4.78 is 16.4. The number of nitrogens with zero attached hydrogens (tertiary/aromatic N) is 1. The lowest BCUT2D eigenvalue weighted by molar-refractivity contribution is -0.858. The third-order valence-electron chi connectivity index (χ3n) is 5.86. The van der Waals surface area contributed by atoms with Gasteiger partial charge in [-0.1, -0.05) is 12.1 Å². The van der Waals surface area contributed by atoms with E-state index in [0.717, 1.165) is 18.5 Å². The summed E-state index contributed by atoms with van der Waals surface area (Å²) in [5, 5.41) is 11.2. The van der Waals surface area contributed by atoms with Crippen molar-refractivity contribution in [2.75, 3.05) is 47.5 Å². The summed E-state index contributed by atoms with van der Waals surface area (Å²) >= 11 is 0. The maximum absolute atomic E-state index is 13.1. The maximum atomic E-state index is 13.1. The average molecular weight is 454 g/mol. The second-order valence-electron chi connectivity index (χ2n) is 8.43. The summed E-state index contributed by atoms with van der Waals surface area (Å²) in [4.78, 5) is 29.0. The molecule has 1 amide bonds. The van der Waals surface area contributed by atoms with Gasteiger partial charge in [0, 0.05) is 18.5 Å². The monoisotopic (exact) mass is 453 g/mol. The van der Waals surface area contributed by atoms with Crippen LogP contribution in [-0.2, 0) is 9.59 Å². The highest BCUT2D eigenvalue weighted by atomic mass is 16.6. The van der Waals surface area contributed by atoms with Crippen LogP contribution in [-0.4, -0.2) is 69.2 Å². The molecule has 1 saturated heterocycles. The van der Waals surface area contributed by atoms with Crippen LogP contribution < -0.4 is 19.1 Å². The van der Waals surface area contributed by atoms with Crippen molar-refractivity contribution in [2.24, 2.45) is 0 Å². The molecular formula is C25H29N2O6+. The first-order valence-electron chi connectivity index (χ1n) is 11.0. The molecule has 0 spiro atoms. The van der Waals surface area contributed by atoms with E-state index in [-0.39, 0.29) is 11.3 Å². The zero-order chi connectivity index (χ0) is 23.5. The Labute approximate surface area is 193 Å². The number of hydrogen-bond donors (Lipinski definition) is 2. The van der Waals surface area contributed by atoms with Gasteiger partial charge in [-0.15, -0.1) is 0 Å². The maximum Gasteiger partial charge on any atom is 0.295 e. The van der Waals surface area contributed by atoms with E-state index >= 15 is 0 Å². The Balaban J connectivity index is 1.77. The molecule has 8 nitrogen and oxygen atoms in total. The van der Waals surface area contributed by atoms with Gasteiger partial charge in [-0.05, 0) is 35.9 Å². The minimum Gasteiger partial charge on any atom is -0.507 e. The molecule has 2 aliphatic heterocycles. The summed E-state index contributed by atoms with van der Waals surface area (Å²) in [6.45, 7) is 2.11. The molecule has 0 saturated carbocycles. The Morgan fingerprint density at radius 1 is 1.09 bits per heavy atom. The lowest BCUT2D eigenvalue weighted by Crippen LogP contribution is -3.05. The molecule has 2 aliphatic rings. The second-order valence-corrected chi connectivity index (χ2v) is 8.43. The number of aliphatic hydroxyl groups excluding tert-OH is 1. The number of carbonyl (C=O) groups excluding carboxylic acids is 2. The van der Waals surface area contributed by atoms with E-state index in [4.69, 9.17) is 14.2 Å². The normalized spacial score (nSPS) is 19.3. The van der Waals surface area contributed by atoms with Gasteiger partial charge in [0.1, 0.15) is 24.7 Å². The van der Waals surface area contributed by atoms with Gasteiger partial charge >= 0.3 is 0 Å². The number of carbonyl (C=O) groups is 2. The van der Waals surface area contributed by atoms with Crippen LogP contribution in [0.3, 0.4) is 0 Å². The molecule has 2 aromatic rings. The number of Topliss-reactive ketones (excluding diaryl/α,β-unsaturated/α-hetero) is 1. The number of ketones is 1. The van der Waals surface area contributed by atoms with E-state index < -0.39 is 17.7 Å². The fourth-order valence-electron chi connectivity index (χ4n) is 4.19. The van der Waals surface area contributed by atoms with Crippen LogP contribution in [0.5, 0.6) is 17.2 Å². The predicted molar refractivity (Wildman–Crippen MR) is 122 cm³/mol. The van der Waals surface area contributed by atoms with E-state index in [9.17, 15) is 14.7 Å². The summed E-state index contributed by atoms with van der Waals surface area (Å²) in [6, 6.07) is 11.5. The number of methoxy groups -OCH3 is 1. The second kappa shape index (κ2) is 9.54. The topological polar surface area (TPSA) is 89.7 Å². The number of quaternary nitrogens is 1. The zero-order valence-corrected chi connectivity index (χ0v) is 19.1. The number of ether oxygens (including phenoxy) is 3. The molecule has 2 aromatic carbocycles. The van der Waals surface area contributed by atoms with Gasteiger partial charge in [0.2, 0.25) is 0 Å². The Morgan fingerprint density at radius 2 is 1.79 bits per heavy atom. The lowest BCUT2D eigenvalue weighted by Gasteiger charge is -2.26. The number of hydrogen-bond acceptors (Lipinski definition) is 6. The largest absolute Gasteiger partial charge is 0.507 e. The standard InChI is InChI=1S/C25H28N2O6/c1-26(2)11-4-12-27-22(16-5-8-18(31-3)9-6-16)21(24(29)25(27)30)23(28)17-7-10-19-20(15-17)33-14-13-32-19/h5-10,15,22,28H,4,11-14H2,1-3H3/p+1/b23-21-/t22-/m1/s1. The molecule has 33 heavy (non-hydrogen) atoms. The minimum absolute atomic E-state index is 0.0686. The number of benzene rings is 2. The highest BCUT2D eigenvalue weighted by Gasteiger charge is 2.46. The molecule has 4 rings (SSSR count). The van der Waals surface area contributed by atoms with Crippen molar-refractivity contribution >= 4 is 17.4 Å². The van der Waals surface area contributed by atoms with Crippen LogP contribution in [0.25, 0.3) is 5.76 Å². The van der Waals surface area contributed by atoms with Crippen molar-refractivity contribution in [3.8, 4) is 17.2 Å². The minimum atomic E-state index is -0.694. The molecule has 1 fully saturated rings. The summed E-state index contributed by atoms with van der Waals surface area (Å²) in [6.07, 6.45) is 0.728. The molecule has 0 radical (unpaired) electrons. The van der Waals surface area contributed by atoms with Crippen LogP contribution in [0.4, 0.5) is 0 Å². The average Bonchev–Trinajstić information content (AvgIpc) is 3.08. The quantitative estimate of drug-likeness (QED) is 0.375. The fourth-order valence-corrected chi connectivity index (χ4v) is 4.19. The first kappa shape index (κ1) is 22.7. The Kier molecular flexibility index (Phi) is 6.55. The van der Waals surface area contributed by atoms with Crippen molar-refractivity contribution < 1.29 is 33.8 Å². The van der Waals surface area contributed by atoms with Gasteiger partial charge in [0.05, 0.1) is 39.4 Å². The van der Waals surface area contributed by atoms with Gasteiger partial charge in [-0.25, -0.2) is 0 Å². The SMILES string of the molecule is COc1ccc([C@@H]2/C(=C(/O)c3ccc4c(c3)OCCO4)C(=O)C(=O)N2CCC[NH+](C)C)cc1. The number of nitrogens with one attached hydrogen (secondary N) is 1. The van der Waals surface area contributed by atoms with Crippen molar-refractivity contribution in [1.82, 2.24) is 4.90 Å². The number of fused-ring (bicyclic) bond motifs is 1. The van der Waals surface area contributed by atoms with Crippen LogP contribution >= 0.6 is 0 Å². The summed E-state index contributed by atoms with van der Waals surface area (Å²) in [7, 11) is 5.65. The van der Waals surface area contributed by atoms with Gasteiger partial charge < -0.3 is 29.1 Å². The summed E-state index contributed by atoms with van der Waals surface area (Å²) in [5.74, 6) is 0.209. The molecule has 2 N–H and O–H groups in total. The molecule has 2 heterocycles. The Morgan fingerprint density at radius 3 is 2.45 bits per heavy atom. The van der Waals surface area contributed by atoms with Gasteiger partial charge in [0.15, 0.2) is 11.5 Å². The smallest absolute Gasteiger partial charge is 0.295 e. The van der Waals surface area contributed by atoms with E-state index in [1.165, 1.54) is 4.90 Å². The third kappa shape index (κ3) is 4.52. The van der Waals surface area contributed by atoms with E-state index in [2.05, 4.69) is 0 Å². The lowest BCUT2D eigenvalue weighted by atomic mass is 9.95. The number of amides is 1. The molecule has 0 aromatic heterocycles. The molecule has 174 valence electrons. The van der Waals surface area contributed by atoms with Gasteiger partial charge in [-0.2, -0.15) is 0 Å². The zero-order valence-electron chi connectivity index (χ0n) is 19.1. The number of rotatable bonds is 7. The summed E-state index contributed by atoms with van der Waals surface area (Å²) in [5.41, 5.74) is 1.19. The molecule has 8 heteroatoms. The van der Waals surface area contributed by atoms with Gasteiger partial charge in [-0.3, -0.25) is 9.59 Å². The van der Waals surface area contributed by atoms with Crippen LogP contribution in [0.15, 0.2) is 48.0 Å². The fraction of sp³-hybridized carbons (Fsp3) is 0.360. The van der Waals surface area contributed by atoms with E-state index in [1.54, 1.807) is 42.3 Å². The van der Waals surface area contributed by atoms with Crippen molar-refractivity contribution in [3.05, 3.63) is 59.2 Å². The first-order chi connectivity index (χ1) is 15.9. The van der Waals surface area contributed by atoms with Crippen molar-refractivity contribution in [3.63, 3.8) is 0 Å². The van der Waals surface area contributed by atoms with Gasteiger partial charge in [0.25, 0.3) is 11.7 Å². The van der Waals surface area contributed by atoms with Crippen LogP contribution in [0, 0.1) is 0 Å². The highest BCUT2D eigenvalue weighted by Crippen LogP contribution is 2.41. The number of likely N-dealkylation sites (tertiary alicyclic amines) is 1. The van der Waals surface area contributed by atoms with Crippen LogP contribution in [0.1, 0.15) is 23.6 Å². The molecule has 0 aliphatic carbocycles. The molecule has 0 unspecified atom stereocenters. The van der Waals surface area contributed by atoms with Crippen LogP contribution in [0.2, 0.25) is 0 Å². The van der Waals surface area contributed by atoms with E-state index in [1.807, 2.05) is 26.2 Å². The predicted octanol–water partition coefficient (Wildman–Crippen LogP) is 1.42. The Bertz CT molecular complexity index is 1080.